The van der Waals surface area contributed by atoms with Crippen LogP contribution in [0, 0.1) is 0 Å². The van der Waals surface area contributed by atoms with Crippen LogP contribution in [0.25, 0.3) is 0 Å². The summed E-state index contributed by atoms with van der Waals surface area (Å²) in [5.74, 6) is 2.21. The maximum atomic E-state index is 11.9. The second kappa shape index (κ2) is 8.86. The maximum Gasteiger partial charge on any atom is 0.161 e. The number of aromatic nitrogens is 1. The third kappa shape index (κ3) is 4.23. The van der Waals surface area contributed by atoms with Crippen LogP contribution in [0.15, 0.2) is 24.4 Å². The van der Waals surface area contributed by atoms with Gasteiger partial charge in [0.25, 0.3) is 0 Å². The quantitative estimate of drug-likeness (QED) is 0.661. The molecule has 4 aliphatic rings. The Morgan fingerprint density at radius 2 is 1.85 bits per heavy atom. The first-order valence-electron chi connectivity index (χ1n) is 12.1. The first-order valence-corrected chi connectivity index (χ1v) is 14.3. The molecule has 0 radical (unpaired) electrons. The van der Waals surface area contributed by atoms with Gasteiger partial charge in [0.1, 0.15) is 12.4 Å². The number of fused-ring (bicyclic) bond motifs is 2. The molecule has 0 amide bonds. The molecular formula is C24H30ClN5O3S. The van der Waals surface area contributed by atoms with E-state index in [9.17, 15) is 8.42 Å². The van der Waals surface area contributed by atoms with Gasteiger partial charge in [0.2, 0.25) is 0 Å². The first-order chi connectivity index (χ1) is 16.5. The molecule has 4 aliphatic heterocycles. The van der Waals surface area contributed by atoms with Crippen LogP contribution in [0.1, 0.15) is 29.9 Å². The van der Waals surface area contributed by atoms with E-state index in [1.165, 1.54) is 5.56 Å². The summed E-state index contributed by atoms with van der Waals surface area (Å²) < 4.78 is 30.0. The molecule has 3 saturated heterocycles. The maximum absolute atomic E-state index is 11.9. The molecule has 3 fully saturated rings. The molecular weight excluding hydrogens is 474 g/mol. The van der Waals surface area contributed by atoms with Gasteiger partial charge >= 0.3 is 0 Å². The highest BCUT2D eigenvalue weighted by Crippen LogP contribution is 2.44. The predicted octanol–water partition coefficient (Wildman–Crippen LogP) is 2.76. The molecule has 6 rings (SSSR count). The van der Waals surface area contributed by atoms with Crippen molar-refractivity contribution in [3.05, 3.63) is 40.5 Å². The lowest BCUT2D eigenvalue weighted by Crippen LogP contribution is -2.58. The molecule has 8 nitrogen and oxygen atoms in total. The van der Waals surface area contributed by atoms with E-state index in [4.69, 9.17) is 16.3 Å². The molecule has 34 heavy (non-hydrogen) atoms. The van der Waals surface area contributed by atoms with E-state index in [2.05, 4.69) is 37.6 Å². The molecule has 5 heterocycles. The average Bonchev–Trinajstić information content (AvgIpc) is 2.98. The number of hydrogen-bond donors (Lipinski definition) is 2. The molecule has 1 aromatic heterocycles. The molecule has 1 aromatic carbocycles. The van der Waals surface area contributed by atoms with Crippen LogP contribution in [0.2, 0.25) is 5.02 Å². The molecule has 0 spiro atoms. The number of halogens is 1. The molecule has 0 aliphatic carbocycles. The fourth-order valence-electron chi connectivity index (χ4n) is 5.47. The van der Waals surface area contributed by atoms with E-state index in [0.29, 0.717) is 42.4 Å². The minimum absolute atomic E-state index is 0.171. The molecule has 2 N–H and O–H groups in total. The number of nitrogens with one attached hydrogen (secondary N) is 2. The normalized spacial score (nSPS) is 23.1. The minimum atomic E-state index is -2.95. The molecule has 182 valence electrons. The summed E-state index contributed by atoms with van der Waals surface area (Å²) in [6.07, 6.45) is 4.03. The van der Waals surface area contributed by atoms with Crippen LogP contribution in [-0.4, -0.2) is 75.1 Å². The predicted molar refractivity (Wildman–Crippen MR) is 134 cm³/mol. The standard InChI is InChI=1S/C24H30ClN5O3S/c25-20-11-17(16-2-5-29(6-3-16)18-13-26-14-18)12-21-23(20)33-15-19-22(1-4-27-24(19)28-21)30-7-9-34(31,32)10-8-30/h1,4,11-12,16,18,26H,2-3,5-10,13-15H2,(H,27,28). The largest absolute Gasteiger partial charge is 0.485 e. The SMILES string of the molecule is O=S1(=O)CCN(c2ccnc3c2COc2c(Cl)cc(C4CCN(C5CNC5)CC4)cc2N3)CC1. The summed E-state index contributed by atoms with van der Waals surface area (Å²) >= 11 is 6.73. The fraction of sp³-hybridized carbons (Fsp3) is 0.542. The number of sulfone groups is 1. The highest BCUT2D eigenvalue weighted by molar-refractivity contribution is 7.91. The number of nitrogens with zero attached hydrogens (tertiary/aromatic N) is 3. The number of anilines is 3. The van der Waals surface area contributed by atoms with E-state index >= 15 is 0 Å². The van der Waals surface area contributed by atoms with Gasteiger partial charge < -0.3 is 20.3 Å². The molecule has 0 bridgehead atoms. The number of likely N-dealkylation sites (tertiary alicyclic amines) is 1. The van der Waals surface area contributed by atoms with Crippen molar-refractivity contribution >= 4 is 38.6 Å². The summed E-state index contributed by atoms with van der Waals surface area (Å²) in [6.45, 7) is 5.74. The average molecular weight is 504 g/mol. The van der Waals surface area contributed by atoms with Crippen molar-refractivity contribution in [2.24, 2.45) is 0 Å². The zero-order valence-corrected chi connectivity index (χ0v) is 20.7. The van der Waals surface area contributed by atoms with Gasteiger partial charge in [-0.2, -0.15) is 0 Å². The van der Waals surface area contributed by atoms with Crippen LogP contribution in [0.4, 0.5) is 17.2 Å². The third-order valence-electron chi connectivity index (χ3n) is 7.67. The number of benzene rings is 1. The first kappa shape index (κ1) is 22.4. The lowest BCUT2D eigenvalue weighted by atomic mass is 9.88. The monoisotopic (exact) mass is 503 g/mol. The number of hydrogen-bond acceptors (Lipinski definition) is 8. The van der Waals surface area contributed by atoms with E-state index < -0.39 is 9.84 Å². The minimum Gasteiger partial charge on any atom is -0.485 e. The fourth-order valence-corrected chi connectivity index (χ4v) is 6.96. The number of piperidine rings is 1. The number of ether oxygens (including phenoxy) is 1. The van der Waals surface area contributed by atoms with Crippen LogP contribution >= 0.6 is 11.6 Å². The summed E-state index contributed by atoms with van der Waals surface area (Å²) in [5.41, 5.74) is 3.98. The third-order valence-corrected chi connectivity index (χ3v) is 9.56. The Hall–Kier alpha value is -2.07. The lowest BCUT2D eigenvalue weighted by molar-refractivity contribution is 0.113. The Morgan fingerprint density at radius 1 is 1.09 bits per heavy atom. The molecule has 0 unspecified atom stereocenters. The second-order valence-electron chi connectivity index (χ2n) is 9.71. The Labute approximate surface area is 205 Å². The number of pyridine rings is 1. The van der Waals surface area contributed by atoms with E-state index in [0.717, 1.165) is 61.8 Å². The Morgan fingerprint density at radius 3 is 2.56 bits per heavy atom. The van der Waals surface area contributed by atoms with Crippen molar-refractivity contribution in [1.82, 2.24) is 15.2 Å². The topological polar surface area (TPSA) is 86.8 Å². The van der Waals surface area contributed by atoms with Gasteiger partial charge in [0, 0.05) is 44.1 Å². The Bertz CT molecular complexity index is 1180. The van der Waals surface area contributed by atoms with Crippen LogP contribution in [-0.2, 0) is 16.4 Å². The van der Waals surface area contributed by atoms with Crippen molar-refractivity contribution in [3.8, 4) is 5.75 Å². The van der Waals surface area contributed by atoms with E-state index in [1.54, 1.807) is 6.20 Å². The summed E-state index contributed by atoms with van der Waals surface area (Å²) in [6, 6.07) is 6.87. The highest BCUT2D eigenvalue weighted by atomic mass is 35.5. The zero-order valence-electron chi connectivity index (χ0n) is 19.1. The van der Waals surface area contributed by atoms with E-state index in [-0.39, 0.29) is 11.5 Å². The van der Waals surface area contributed by atoms with Crippen molar-refractivity contribution in [3.63, 3.8) is 0 Å². The van der Waals surface area contributed by atoms with Gasteiger partial charge in [-0.15, -0.1) is 0 Å². The smallest absolute Gasteiger partial charge is 0.161 e. The Balaban J connectivity index is 1.24. The summed E-state index contributed by atoms with van der Waals surface area (Å²) in [4.78, 5) is 9.30. The van der Waals surface area contributed by atoms with Gasteiger partial charge in [0.15, 0.2) is 15.6 Å². The van der Waals surface area contributed by atoms with Gasteiger partial charge in [-0.3, -0.25) is 4.90 Å². The van der Waals surface area contributed by atoms with Gasteiger partial charge in [0.05, 0.1) is 27.8 Å². The summed E-state index contributed by atoms with van der Waals surface area (Å²) in [5, 5.41) is 7.46. The summed E-state index contributed by atoms with van der Waals surface area (Å²) in [7, 11) is -2.95. The molecule has 0 atom stereocenters. The zero-order chi connectivity index (χ0) is 23.3. The van der Waals surface area contributed by atoms with Crippen molar-refractivity contribution < 1.29 is 13.2 Å². The molecule has 2 aromatic rings. The Kier molecular flexibility index (Phi) is 5.83. The van der Waals surface area contributed by atoms with Gasteiger partial charge in [-0.1, -0.05) is 11.6 Å². The van der Waals surface area contributed by atoms with Crippen molar-refractivity contribution in [2.75, 3.05) is 61.0 Å². The van der Waals surface area contributed by atoms with Crippen LogP contribution in [0.3, 0.4) is 0 Å². The second-order valence-corrected chi connectivity index (χ2v) is 12.4. The lowest BCUT2D eigenvalue weighted by Gasteiger charge is -2.42. The van der Waals surface area contributed by atoms with Crippen LogP contribution < -0.4 is 20.3 Å². The molecule has 0 saturated carbocycles. The van der Waals surface area contributed by atoms with Crippen molar-refractivity contribution in [1.29, 1.82) is 0 Å². The van der Waals surface area contributed by atoms with Gasteiger partial charge in [-0.05, 0) is 55.6 Å². The van der Waals surface area contributed by atoms with E-state index in [1.807, 2.05) is 6.07 Å². The van der Waals surface area contributed by atoms with Crippen molar-refractivity contribution in [2.45, 2.75) is 31.4 Å². The highest BCUT2D eigenvalue weighted by Gasteiger charge is 2.31. The number of rotatable bonds is 3. The van der Waals surface area contributed by atoms with Crippen LogP contribution in [0.5, 0.6) is 5.75 Å². The van der Waals surface area contributed by atoms with Gasteiger partial charge in [-0.25, -0.2) is 13.4 Å². The molecule has 10 heteroatoms.